The number of hydrogen-bond acceptors (Lipinski definition) is 12. The van der Waals surface area contributed by atoms with Gasteiger partial charge in [0, 0.05) is 56.4 Å². The monoisotopic (exact) mass is 580 g/mol. The van der Waals surface area contributed by atoms with E-state index in [1.165, 1.54) is 7.11 Å². The van der Waals surface area contributed by atoms with Crippen molar-refractivity contribution in [1.82, 2.24) is 14.9 Å². The third-order valence-electron chi connectivity index (χ3n) is 6.15. The Bertz CT molecular complexity index is 1410. The summed E-state index contributed by atoms with van der Waals surface area (Å²) < 4.78 is 16.2. The van der Waals surface area contributed by atoms with Crippen molar-refractivity contribution in [2.24, 2.45) is 0 Å². The number of piperazine rings is 1. The van der Waals surface area contributed by atoms with E-state index in [4.69, 9.17) is 14.2 Å². The molecule has 0 atom stereocenters. The van der Waals surface area contributed by atoms with Gasteiger partial charge in [-0.15, -0.1) is 0 Å². The molecule has 1 aromatic heterocycles. The number of methoxy groups -OCH3 is 1. The zero-order valence-electron chi connectivity index (χ0n) is 24.3. The largest absolute Gasteiger partial charge is 0.465 e. The summed E-state index contributed by atoms with van der Waals surface area (Å²) in [7, 11) is 3.63. The van der Waals surface area contributed by atoms with Crippen LogP contribution in [0.3, 0.4) is 0 Å². The van der Waals surface area contributed by atoms with Crippen molar-refractivity contribution in [1.29, 1.82) is 0 Å². The maximum Gasteiger partial charge on any atom is 0.412 e. The lowest BCUT2D eigenvalue weighted by molar-refractivity contribution is -0.384. The number of likely N-dealkylation sites (N-methyl/N-ethyl adjacent to an activating group) is 1. The summed E-state index contributed by atoms with van der Waals surface area (Å²) in [6.45, 7) is 9.02. The number of carbonyl (C=O) groups is 1. The number of aromatic nitrogens is 2. The topological polar surface area (TPSA) is 156 Å². The number of amides is 1. The minimum absolute atomic E-state index is 0.0302. The fourth-order valence-corrected chi connectivity index (χ4v) is 4.13. The van der Waals surface area contributed by atoms with Crippen LogP contribution in [0, 0.1) is 10.1 Å². The molecule has 1 fully saturated rings. The maximum absolute atomic E-state index is 12.2. The highest BCUT2D eigenvalue weighted by Gasteiger charge is 2.21. The third kappa shape index (κ3) is 8.41. The van der Waals surface area contributed by atoms with Gasteiger partial charge in [0.15, 0.2) is 6.79 Å². The van der Waals surface area contributed by atoms with Gasteiger partial charge in [0.1, 0.15) is 17.5 Å². The normalized spacial score (nSPS) is 13.8. The van der Waals surface area contributed by atoms with E-state index in [1.807, 2.05) is 18.2 Å². The lowest BCUT2D eigenvalue weighted by Gasteiger charge is -2.34. The zero-order chi connectivity index (χ0) is 30.3. The summed E-state index contributed by atoms with van der Waals surface area (Å²) in [5, 5.41) is 20.5. The Morgan fingerprint density at radius 2 is 1.81 bits per heavy atom. The Kier molecular flexibility index (Phi) is 9.60. The number of ether oxygens (including phenoxy) is 3. The van der Waals surface area contributed by atoms with Gasteiger partial charge >= 0.3 is 11.8 Å². The molecule has 1 aliphatic heterocycles. The van der Waals surface area contributed by atoms with E-state index in [0.717, 1.165) is 38.1 Å². The van der Waals surface area contributed by atoms with Crippen LogP contribution in [0.5, 0.6) is 5.75 Å². The van der Waals surface area contributed by atoms with Crippen molar-refractivity contribution in [3.05, 3.63) is 58.8 Å². The predicted octanol–water partition coefficient (Wildman–Crippen LogP) is 4.95. The second kappa shape index (κ2) is 13.3. The van der Waals surface area contributed by atoms with Crippen LogP contribution in [-0.2, 0) is 9.47 Å². The first-order chi connectivity index (χ1) is 20.0. The number of hydrogen-bond donors (Lipinski definition) is 3. The van der Waals surface area contributed by atoms with Gasteiger partial charge in [0.05, 0.1) is 10.6 Å². The quantitative estimate of drug-likeness (QED) is 0.169. The van der Waals surface area contributed by atoms with Crippen LogP contribution in [0.15, 0.2) is 48.7 Å². The number of rotatable bonds is 10. The van der Waals surface area contributed by atoms with Crippen LogP contribution < -0.4 is 25.6 Å². The highest BCUT2D eigenvalue weighted by Crippen LogP contribution is 2.34. The van der Waals surface area contributed by atoms with Gasteiger partial charge in [-0.25, -0.2) is 9.78 Å². The summed E-state index contributed by atoms with van der Waals surface area (Å²) in [5.41, 5.74) is 1.47. The first kappa shape index (κ1) is 30.3. The van der Waals surface area contributed by atoms with E-state index in [2.05, 4.69) is 42.8 Å². The second-order valence-corrected chi connectivity index (χ2v) is 10.7. The Labute approximate surface area is 244 Å². The molecule has 14 heteroatoms. The van der Waals surface area contributed by atoms with E-state index in [-0.39, 0.29) is 24.2 Å². The number of nitrogens with one attached hydrogen (secondary N) is 3. The molecule has 1 aliphatic rings. The Morgan fingerprint density at radius 3 is 2.50 bits per heavy atom. The summed E-state index contributed by atoms with van der Waals surface area (Å²) in [4.78, 5) is 36.4. The predicted molar refractivity (Wildman–Crippen MR) is 160 cm³/mol. The van der Waals surface area contributed by atoms with Crippen molar-refractivity contribution >= 4 is 46.3 Å². The molecule has 1 saturated heterocycles. The number of anilines is 6. The van der Waals surface area contributed by atoms with Gasteiger partial charge in [0.25, 0.3) is 0 Å². The average Bonchev–Trinajstić information content (AvgIpc) is 2.92. The van der Waals surface area contributed by atoms with Gasteiger partial charge in [-0.05, 0) is 58.2 Å². The lowest BCUT2D eigenvalue weighted by Crippen LogP contribution is -2.44. The molecular formula is C28H36N8O6. The van der Waals surface area contributed by atoms with Crippen LogP contribution in [0.25, 0.3) is 0 Å². The summed E-state index contributed by atoms with van der Waals surface area (Å²) in [6.07, 6.45) is 0.499. The van der Waals surface area contributed by atoms with Crippen LogP contribution >= 0.6 is 0 Å². The summed E-state index contributed by atoms with van der Waals surface area (Å²) >= 11 is 0. The first-order valence-corrected chi connectivity index (χ1v) is 13.4. The van der Waals surface area contributed by atoms with Crippen LogP contribution in [0.4, 0.5) is 45.0 Å². The smallest absolute Gasteiger partial charge is 0.412 e. The van der Waals surface area contributed by atoms with Crippen molar-refractivity contribution in [2.45, 2.75) is 26.4 Å². The van der Waals surface area contributed by atoms with E-state index in [0.29, 0.717) is 22.8 Å². The maximum atomic E-state index is 12.2. The van der Waals surface area contributed by atoms with Gasteiger partial charge in [-0.1, -0.05) is 6.07 Å². The zero-order valence-corrected chi connectivity index (χ0v) is 24.3. The van der Waals surface area contributed by atoms with Gasteiger partial charge in [0.2, 0.25) is 11.8 Å². The lowest BCUT2D eigenvalue weighted by atomic mass is 10.2. The van der Waals surface area contributed by atoms with E-state index >= 15 is 0 Å². The van der Waals surface area contributed by atoms with Crippen LogP contribution in [0.1, 0.15) is 20.8 Å². The summed E-state index contributed by atoms with van der Waals surface area (Å²) in [5.74, 6) is 0.590. The van der Waals surface area contributed by atoms with Crippen molar-refractivity contribution in [3.8, 4) is 5.75 Å². The van der Waals surface area contributed by atoms with E-state index in [1.54, 1.807) is 45.0 Å². The fourth-order valence-electron chi connectivity index (χ4n) is 4.13. The number of carbonyl (C=O) groups excluding carboxylic acids is 1. The van der Waals surface area contributed by atoms with Crippen molar-refractivity contribution < 1.29 is 23.9 Å². The Balaban J connectivity index is 1.56. The molecule has 1 amide bonds. The molecule has 0 saturated carbocycles. The molecule has 0 spiro atoms. The number of benzene rings is 2. The molecule has 0 aliphatic carbocycles. The van der Waals surface area contributed by atoms with Crippen LogP contribution in [-0.4, -0.2) is 78.6 Å². The third-order valence-corrected chi connectivity index (χ3v) is 6.15. The Morgan fingerprint density at radius 1 is 1.07 bits per heavy atom. The first-order valence-electron chi connectivity index (χ1n) is 13.4. The van der Waals surface area contributed by atoms with E-state index in [9.17, 15) is 14.9 Å². The molecule has 224 valence electrons. The summed E-state index contributed by atoms with van der Waals surface area (Å²) in [6, 6.07) is 12.4. The van der Waals surface area contributed by atoms with Gasteiger partial charge in [-0.3, -0.25) is 15.4 Å². The molecule has 2 aromatic carbocycles. The van der Waals surface area contributed by atoms with Crippen molar-refractivity contribution in [2.75, 3.05) is 68.0 Å². The molecule has 42 heavy (non-hydrogen) atoms. The molecule has 3 aromatic rings. The molecule has 0 bridgehead atoms. The highest BCUT2D eigenvalue weighted by molar-refractivity contribution is 5.86. The number of nitrogens with zero attached hydrogens (tertiary/aromatic N) is 5. The Hall–Kier alpha value is -4.69. The second-order valence-electron chi connectivity index (χ2n) is 10.7. The highest BCUT2D eigenvalue weighted by atomic mass is 16.7. The standard InChI is InChI=1S/C28H36N8O6/c1-28(2,3)42-27(37)31-20-8-6-7-19(15-20)30-25-23(36(38)39)17-29-26(33-25)32-22-10-9-21(16-24(22)41-18-40-5)35-13-11-34(4)12-14-35/h6-10,15-17H,11-14,18H2,1-5H3,(H,31,37)(H2,29,30,32,33). The van der Waals surface area contributed by atoms with Gasteiger partial charge in [-0.2, -0.15) is 4.98 Å². The molecule has 2 heterocycles. The van der Waals surface area contributed by atoms with Crippen molar-refractivity contribution in [3.63, 3.8) is 0 Å². The molecule has 4 rings (SSSR count). The molecule has 14 nitrogen and oxygen atoms in total. The van der Waals surface area contributed by atoms with Crippen LogP contribution in [0.2, 0.25) is 0 Å². The van der Waals surface area contributed by atoms with Gasteiger partial charge < -0.3 is 34.6 Å². The minimum atomic E-state index is -0.662. The molecular weight excluding hydrogens is 544 g/mol. The molecule has 0 radical (unpaired) electrons. The minimum Gasteiger partial charge on any atom is -0.465 e. The molecule has 3 N–H and O–H groups in total. The SMILES string of the molecule is COCOc1cc(N2CCN(C)CC2)ccc1Nc1ncc([N+](=O)[O-])c(Nc2cccc(NC(=O)OC(C)(C)C)c2)n1. The average molecular weight is 581 g/mol. The fraction of sp³-hybridized carbons (Fsp3) is 0.393. The molecule has 0 unspecified atom stereocenters. The van der Waals surface area contributed by atoms with E-state index < -0.39 is 16.6 Å². The number of nitro groups is 1.